The summed E-state index contributed by atoms with van der Waals surface area (Å²) in [5.41, 5.74) is 2.22. The summed E-state index contributed by atoms with van der Waals surface area (Å²) in [6.45, 7) is 3.66. The average Bonchev–Trinajstić information content (AvgIpc) is 3.29. The van der Waals surface area contributed by atoms with Crippen molar-refractivity contribution >= 4 is 37.5 Å². The molecule has 2 aromatic heterocycles. The highest BCUT2D eigenvalue weighted by Gasteiger charge is 2.19. The van der Waals surface area contributed by atoms with E-state index in [1.165, 1.54) is 35.6 Å². The summed E-state index contributed by atoms with van der Waals surface area (Å²) in [4.78, 5) is 14.1. The lowest BCUT2D eigenvalue weighted by Crippen LogP contribution is -2.26. The summed E-state index contributed by atoms with van der Waals surface area (Å²) < 4.78 is 37.7. The number of nitrogens with two attached hydrogens (primary N) is 1. The highest BCUT2D eigenvalue weighted by atomic mass is 32.2. The number of nitrogens with one attached hydrogen (secondary N) is 1. The van der Waals surface area contributed by atoms with Crippen molar-refractivity contribution in [2.45, 2.75) is 24.8 Å². The summed E-state index contributed by atoms with van der Waals surface area (Å²) >= 11 is 1.29. The van der Waals surface area contributed by atoms with Crippen molar-refractivity contribution < 1.29 is 17.6 Å². The first kappa shape index (κ1) is 21.2. The van der Waals surface area contributed by atoms with E-state index in [4.69, 9.17) is 5.14 Å². The van der Waals surface area contributed by atoms with Crippen LogP contribution in [0.15, 0.2) is 59.5 Å². The summed E-state index contributed by atoms with van der Waals surface area (Å²) in [6, 6.07) is 13.5. The van der Waals surface area contributed by atoms with Gasteiger partial charge in [-0.1, -0.05) is 12.1 Å². The molecule has 4 aromatic rings. The zero-order chi connectivity index (χ0) is 22.3. The minimum absolute atomic E-state index is 0.0140. The van der Waals surface area contributed by atoms with Crippen molar-refractivity contribution in [2.75, 3.05) is 0 Å². The smallest absolute Gasteiger partial charge is 0.261 e. The minimum Gasteiger partial charge on any atom is -0.345 e. The number of thiophene rings is 1. The molecule has 0 saturated carbocycles. The number of primary sulfonamides is 1. The highest BCUT2D eigenvalue weighted by molar-refractivity contribution is 7.89. The topological polar surface area (TPSA) is 107 Å². The maximum absolute atomic E-state index is 13.3. The maximum Gasteiger partial charge on any atom is 0.261 e. The molecule has 4 rings (SSSR count). The Bertz CT molecular complexity index is 1370. The van der Waals surface area contributed by atoms with Crippen molar-refractivity contribution in [1.29, 1.82) is 0 Å². The molecule has 1 amide bonds. The van der Waals surface area contributed by atoms with Gasteiger partial charge in [0.1, 0.15) is 10.6 Å². The van der Waals surface area contributed by atoms with E-state index in [9.17, 15) is 17.6 Å². The second-order valence-electron chi connectivity index (χ2n) is 7.11. The molecule has 10 heteroatoms. The van der Waals surface area contributed by atoms with E-state index in [2.05, 4.69) is 10.4 Å². The van der Waals surface area contributed by atoms with Gasteiger partial charge in [-0.25, -0.2) is 22.6 Å². The molecule has 2 heterocycles. The normalized spacial score (nSPS) is 12.8. The van der Waals surface area contributed by atoms with Crippen LogP contribution in [0.4, 0.5) is 4.39 Å². The molecule has 0 aliphatic rings. The quantitative estimate of drug-likeness (QED) is 0.476. The van der Waals surface area contributed by atoms with Gasteiger partial charge in [-0.05, 0) is 61.9 Å². The number of hydrogen-bond donors (Lipinski definition) is 2. The van der Waals surface area contributed by atoms with Crippen LogP contribution in [0.25, 0.3) is 15.9 Å². The number of carbonyl (C=O) groups excluding carboxylic acids is 1. The first-order chi connectivity index (χ1) is 14.6. The molecule has 31 heavy (non-hydrogen) atoms. The molecule has 0 radical (unpaired) electrons. The molecular weight excluding hydrogens is 439 g/mol. The minimum atomic E-state index is -3.77. The third kappa shape index (κ3) is 4.22. The molecule has 1 unspecified atom stereocenters. The van der Waals surface area contributed by atoms with Crippen LogP contribution in [-0.2, 0) is 10.0 Å². The van der Waals surface area contributed by atoms with Gasteiger partial charge >= 0.3 is 0 Å². The summed E-state index contributed by atoms with van der Waals surface area (Å²) in [6.07, 6.45) is 0. The summed E-state index contributed by atoms with van der Waals surface area (Å²) in [5.74, 6) is -0.588. The van der Waals surface area contributed by atoms with Gasteiger partial charge in [-0.15, -0.1) is 11.3 Å². The second-order valence-corrected chi connectivity index (χ2v) is 9.70. The van der Waals surface area contributed by atoms with Crippen LogP contribution in [0, 0.1) is 12.7 Å². The van der Waals surface area contributed by atoms with E-state index in [0.29, 0.717) is 10.6 Å². The fourth-order valence-electron chi connectivity index (χ4n) is 3.21. The van der Waals surface area contributed by atoms with Crippen molar-refractivity contribution in [3.8, 4) is 5.69 Å². The molecule has 160 valence electrons. The Morgan fingerprint density at radius 2 is 1.81 bits per heavy atom. The van der Waals surface area contributed by atoms with Crippen molar-refractivity contribution in [1.82, 2.24) is 15.1 Å². The molecule has 3 N–H and O–H groups in total. The first-order valence-electron chi connectivity index (χ1n) is 9.32. The molecule has 0 aliphatic heterocycles. The molecule has 0 fully saturated rings. The van der Waals surface area contributed by atoms with Gasteiger partial charge in [0, 0.05) is 5.39 Å². The number of nitrogens with zero attached hydrogens (tertiary/aromatic N) is 2. The van der Waals surface area contributed by atoms with E-state index >= 15 is 0 Å². The number of fused-ring (bicyclic) bond motifs is 1. The van der Waals surface area contributed by atoms with Gasteiger partial charge in [0.15, 0.2) is 0 Å². The maximum atomic E-state index is 13.3. The molecule has 1 atom stereocenters. The van der Waals surface area contributed by atoms with Gasteiger partial charge in [-0.3, -0.25) is 4.79 Å². The van der Waals surface area contributed by atoms with Crippen molar-refractivity contribution in [3.05, 3.63) is 76.5 Å². The molecule has 2 aromatic carbocycles. The average molecular weight is 459 g/mol. The number of benzene rings is 2. The molecule has 0 aliphatic carbocycles. The number of rotatable bonds is 5. The Labute approximate surface area is 182 Å². The van der Waals surface area contributed by atoms with Gasteiger partial charge in [0.2, 0.25) is 10.0 Å². The first-order valence-corrected chi connectivity index (χ1v) is 11.7. The molecule has 0 bridgehead atoms. The highest BCUT2D eigenvalue weighted by Crippen LogP contribution is 2.31. The van der Waals surface area contributed by atoms with Gasteiger partial charge in [0.25, 0.3) is 5.91 Å². The van der Waals surface area contributed by atoms with Crippen LogP contribution in [-0.4, -0.2) is 24.1 Å². The van der Waals surface area contributed by atoms with Crippen LogP contribution in [0.5, 0.6) is 0 Å². The van der Waals surface area contributed by atoms with Crippen LogP contribution >= 0.6 is 11.3 Å². The number of halogens is 1. The number of amides is 1. The predicted molar refractivity (Wildman–Crippen MR) is 117 cm³/mol. The molecule has 0 saturated heterocycles. The lowest BCUT2D eigenvalue weighted by molar-refractivity contribution is 0.0944. The number of aromatic nitrogens is 2. The van der Waals surface area contributed by atoms with Gasteiger partial charge in [0.05, 0.1) is 27.2 Å². The fraction of sp³-hybridized carbons (Fsp3) is 0.143. The van der Waals surface area contributed by atoms with E-state index in [0.717, 1.165) is 21.5 Å². The molecule has 7 nitrogen and oxygen atoms in total. The predicted octanol–water partition coefficient (Wildman–Crippen LogP) is 3.67. The largest absolute Gasteiger partial charge is 0.345 e. The number of sulfonamides is 1. The third-order valence-electron chi connectivity index (χ3n) is 4.90. The number of carbonyl (C=O) groups is 1. The Balaban J connectivity index is 1.58. The van der Waals surface area contributed by atoms with E-state index in [1.807, 2.05) is 13.8 Å². The summed E-state index contributed by atoms with van der Waals surface area (Å²) in [5, 5.41) is 13.4. The number of aryl methyl sites for hydroxylation is 1. The third-order valence-corrected chi connectivity index (χ3v) is 6.93. The van der Waals surface area contributed by atoms with Crippen LogP contribution in [0.3, 0.4) is 0 Å². The Hall–Kier alpha value is -3.08. The van der Waals surface area contributed by atoms with Gasteiger partial charge < -0.3 is 5.32 Å². The van der Waals surface area contributed by atoms with E-state index < -0.39 is 10.0 Å². The standard InChI is InChI=1S/C21H19FN4O3S2/c1-12(14-3-9-17(10-4-14)31(23,28)29)24-20(27)19-11-18-13(2)25-26(21(18)30-19)16-7-5-15(22)6-8-16/h3-12H,1-2H3,(H,24,27)(H2,23,28,29). The fourth-order valence-corrected chi connectivity index (χ4v) is 4.82. The van der Waals surface area contributed by atoms with Crippen molar-refractivity contribution in [2.24, 2.45) is 5.14 Å². The SMILES string of the molecule is Cc1nn(-c2ccc(F)cc2)c2sc(C(=O)NC(C)c3ccc(S(N)(=O)=O)cc3)cc12. The van der Waals surface area contributed by atoms with Crippen LogP contribution in [0.1, 0.15) is 33.9 Å². The lowest BCUT2D eigenvalue weighted by Gasteiger charge is -2.14. The van der Waals surface area contributed by atoms with Crippen LogP contribution in [0.2, 0.25) is 0 Å². The summed E-state index contributed by atoms with van der Waals surface area (Å²) in [7, 11) is -3.77. The zero-order valence-corrected chi connectivity index (χ0v) is 18.3. The molecule has 0 spiro atoms. The van der Waals surface area contributed by atoms with E-state index in [-0.39, 0.29) is 22.7 Å². The lowest BCUT2D eigenvalue weighted by atomic mass is 10.1. The monoisotopic (exact) mass is 458 g/mol. The van der Waals surface area contributed by atoms with E-state index in [1.54, 1.807) is 35.0 Å². The van der Waals surface area contributed by atoms with Crippen molar-refractivity contribution in [3.63, 3.8) is 0 Å². The Kier molecular flexibility index (Phi) is 5.38. The zero-order valence-electron chi connectivity index (χ0n) is 16.7. The second kappa shape index (κ2) is 7.88. The van der Waals surface area contributed by atoms with Gasteiger partial charge in [-0.2, -0.15) is 5.10 Å². The Morgan fingerprint density at radius 1 is 1.16 bits per heavy atom. The Morgan fingerprint density at radius 3 is 2.42 bits per heavy atom. The van der Waals surface area contributed by atoms with Crippen LogP contribution < -0.4 is 10.5 Å². The number of hydrogen-bond acceptors (Lipinski definition) is 5. The molecular formula is C21H19FN4O3S2.